The number of carbonyl (C=O) groups excluding carboxylic acids is 2. The van der Waals surface area contributed by atoms with Gasteiger partial charge in [0.05, 0.1) is 11.7 Å². The molecule has 2 fully saturated rings. The number of carbonyl (C=O) groups is 2. The number of nitrogens with zero attached hydrogens (tertiary/aromatic N) is 3. The summed E-state index contributed by atoms with van der Waals surface area (Å²) in [6.45, 7) is 7.97. The second-order valence-corrected chi connectivity index (χ2v) is 10.6. The van der Waals surface area contributed by atoms with E-state index < -0.39 is 6.04 Å². The maximum absolute atomic E-state index is 14.1. The lowest BCUT2D eigenvalue weighted by atomic mass is 9.90. The van der Waals surface area contributed by atoms with Crippen LogP contribution in [0.5, 0.6) is 0 Å². The Labute approximate surface area is 219 Å². The highest BCUT2D eigenvalue weighted by Gasteiger charge is 2.40. The van der Waals surface area contributed by atoms with Gasteiger partial charge in [0.1, 0.15) is 11.7 Å². The van der Waals surface area contributed by atoms with Gasteiger partial charge in [-0.05, 0) is 62.1 Å². The molecule has 196 valence electrons. The number of likely N-dealkylation sites (tertiary alicyclic amines) is 1. The van der Waals surface area contributed by atoms with Crippen LogP contribution in [0.2, 0.25) is 0 Å². The monoisotopic (exact) mass is 502 g/mol. The molecule has 37 heavy (non-hydrogen) atoms. The summed E-state index contributed by atoms with van der Waals surface area (Å²) in [4.78, 5) is 34.0. The van der Waals surface area contributed by atoms with E-state index in [4.69, 9.17) is 9.72 Å². The van der Waals surface area contributed by atoms with Gasteiger partial charge < -0.3 is 19.4 Å². The lowest BCUT2D eigenvalue weighted by molar-refractivity contribution is -0.140. The molecule has 4 heterocycles. The molecule has 7 heteroatoms. The first-order valence-corrected chi connectivity index (χ1v) is 13.7. The first kappa shape index (κ1) is 25.5. The van der Waals surface area contributed by atoms with Gasteiger partial charge in [0, 0.05) is 43.6 Å². The van der Waals surface area contributed by atoms with Crippen molar-refractivity contribution in [1.82, 2.24) is 19.6 Å². The van der Waals surface area contributed by atoms with Crippen molar-refractivity contribution in [3.05, 3.63) is 60.0 Å². The molecule has 3 aromatic rings. The minimum atomic E-state index is -0.523. The Kier molecular flexibility index (Phi) is 7.60. The zero-order valence-corrected chi connectivity index (χ0v) is 22.2. The fourth-order valence-electron chi connectivity index (χ4n) is 5.71. The number of fused-ring (bicyclic) bond motifs is 1. The molecule has 0 spiro atoms. The van der Waals surface area contributed by atoms with Crippen LogP contribution >= 0.6 is 0 Å². The van der Waals surface area contributed by atoms with Crippen LogP contribution in [0.25, 0.3) is 16.8 Å². The highest BCUT2D eigenvalue weighted by atomic mass is 16.5. The smallest absolute Gasteiger partial charge is 0.246 e. The van der Waals surface area contributed by atoms with Crippen LogP contribution in [0.1, 0.15) is 63.3 Å². The van der Waals surface area contributed by atoms with Crippen LogP contribution in [0.4, 0.5) is 0 Å². The van der Waals surface area contributed by atoms with E-state index in [-0.39, 0.29) is 29.7 Å². The van der Waals surface area contributed by atoms with E-state index in [9.17, 15) is 9.59 Å². The van der Waals surface area contributed by atoms with Crippen LogP contribution < -0.4 is 5.32 Å². The number of hydrogen-bond acceptors (Lipinski definition) is 4. The molecule has 7 nitrogen and oxygen atoms in total. The molecule has 0 aliphatic carbocycles. The second-order valence-electron chi connectivity index (χ2n) is 10.6. The number of ether oxygens (including phenoxy) is 1. The number of pyridine rings is 1. The fourth-order valence-corrected chi connectivity index (χ4v) is 5.71. The van der Waals surface area contributed by atoms with Gasteiger partial charge in [0.2, 0.25) is 11.8 Å². The quantitative estimate of drug-likeness (QED) is 0.497. The Morgan fingerprint density at radius 2 is 1.89 bits per heavy atom. The molecule has 1 N–H and O–H groups in total. The molecule has 2 aliphatic rings. The Balaban J connectivity index is 1.46. The van der Waals surface area contributed by atoms with E-state index in [1.54, 1.807) is 0 Å². The predicted molar refractivity (Wildman–Crippen MR) is 144 cm³/mol. The summed E-state index contributed by atoms with van der Waals surface area (Å²) in [7, 11) is 0. The predicted octanol–water partition coefficient (Wildman–Crippen LogP) is 4.93. The van der Waals surface area contributed by atoms with E-state index >= 15 is 0 Å². The van der Waals surface area contributed by atoms with E-state index in [0.717, 1.165) is 54.6 Å². The molecule has 2 aliphatic heterocycles. The molecule has 2 saturated heterocycles. The standard InChI is InChI=1S/C30H38N4O3/c1-4-20(2)29(35)32-27(23-13-17-37-18-14-23)30(36)34-15-8-11-25(34)24-19-33-16-12-21(3)26(28(33)31-24)22-9-6-5-7-10-22/h5-7,9-10,12,16,19-20,23,25,27H,4,8,11,13-15,17-18H2,1-3H3,(H,32,35)/t20-,25+,27+/m1/s1. The number of imidazole rings is 1. The molecular formula is C30H38N4O3. The van der Waals surface area contributed by atoms with Crippen molar-refractivity contribution in [2.75, 3.05) is 19.8 Å². The molecule has 3 atom stereocenters. The SMILES string of the molecule is CC[C@@H](C)C(=O)N[C@H](C(=O)N1CCC[C@H]1c1cn2ccc(C)c(-c3ccccc3)c2n1)C1CCOCC1. The van der Waals surface area contributed by atoms with Gasteiger partial charge in [-0.1, -0.05) is 44.2 Å². The van der Waals surface area contributed by atoms with Crippen LogP contribution in [-0.4, -0.2) is 51.9 Å². The molecule has 0 bridgehead atoms. The van der Waals surface area contributed by atoms with Crippen molar-refractivity contribution in [2.45, 2.75) is 65.0 Å². The van der Waals surface area contributed by atoms with Crippen molar-refractivity contribution >= 4 is 17.5 Å². The molecule has 0 radical (unpaired) electrons. The van der Waals surface area contributed by atoms with Crippen molar-refractivity contribution < 1.29 is 14.3 Å². The zero-order chi connectivity index (χ0) is 25.9. The van der Waals surface area contributed by atoms with E-state index in [0.29, 0.717) is 19.8 Å². The van der Waals surface area contributed by atoms with E-state index in [1.165, 1.54) is 5.56 Å². The van der Waals surface area contributed by atoms with Gasteiger partial charge in [-0.15, -0.1) is 0 Å². The third-order valence-corrected chi connectivity index (χ3v) is 8.15. The highest BCUT2D eigenvalue weighted by molar-refractivity contribution is 5.89. The summed E-state index contributed by atoms with van der Waals surface area (Å²) in [5.41, 5.74) is 5.24. The maximum atomic E-state index is 14.1. The number of hydrogen-bond donors (Lipinski definition) is 1. The average molecular weight is 503 g/mol. The zero-order valence-electron chi connectivity index (χ0n) is 22.2. The number of nitrogens with one attached hydrogen (secondary N) is 1. The third-order valence-electron chi connectivity index (χ3n) is 8.15. The minimum absolute atomic E-state index is 0.0163. The lowest BCUT2D eigenvalue weighted by Crippen LogP contribution is -2.54. The number of rotatable bonds is 7. The molecule has 2 aromatic heterocycles. The molecule has 0 unspecified atom stereocenters. The summed E-state index contributed by atoms with van der Waals surface area (Å²) >= 11 is 0. The van der Waals surface area contributed by atoms with E-state index in [1.807, 2.05) is 43.1 Å². The normalized spacial score (nSPS) is 20.2. The van der Waals surface area contributed by atoms with Gasteiger partial charge in [-0.3, -0.25) is 9.59 Å². The van der Waals surface area contributed by atoms with Crippen molar-refractivity contribution in [2.24, 2.45) is 11.8 Å². The third kappa shape index (κ3) is 5.14. The van der Waals surface area contributed by atoms with Crippen molar-refractivity contribution in [3.63, 3.8) is 0 Å². The minimum Gasteiger partial charge on any atom is -0.381 e. The maximum Gasteiger partial charge on any atom is 0.246 e. The molecule has 5 rings (SSSR count). The second kappa shape index (κ2) is 11.1. The summed E-state index contributed by atoms with van der Waals surface area (Å²) in [5.74, 6) is -0.0621. The molecule has 0 saturated carbocycles. The topological polar surface area (TPSA) is 75.9 Å². The largest absolute Gasteiger partial charge is 0.381 e. The Morgan fingerprint density at radius 3 is 2.62 bits per heavy atom. The van der Waals surface area contributed by atoms with Gasteiger partial charge in [-0.2, -0.15) is 0 Å². The Hall–Kier alpha value is -3.19. The molecule has 2 amide bonds. The Morgan fingerprint density at radius 1 is 1.14 bits per heavy atom. The van der Waals surface area contributed by atoms with Crippen LogP contribution in [0, 0.1) is 18.8 Å². The summed E-state index contributed by atoms with van der Waals surface area (Å²) < 4.78 is 7.64. The number of amides is 2. The van der Waals surface area contributed by atoms with Crippen LogP contribution in [-0.2, 0) is 14.3 Å². The first-order valence-electron chi connectivity index (χ1n) is 13.7. The van der Waals surface area contributed by atoms with Gasteiger partial charge in [0.25, 0.3) is 0 Å². The number of aryl methyl sites for hydroxylation is 1. The van der Waals surface area contributed by atoms with Gasteiger partial charge in [-0.25, -0.2) is 4.98 Å². The summed E-state index contributed by atoms with van der Waals surface area (Å²) in [6, 6.07) is 11.8. The number of benzene rings is 1. The molecule has 1 aromatic carbocycles. The summed E-state index contributed by atoms with van der Waals surface area (Å²) in [6.07, 6.45) is 8.22. The Bertz CT molecular complexity index is 1250. The van der Waals surface area contributed by atoms with Crippen molar-refractivity contribution in [3.8, 4) is 11.1 Å². The van der Waals surface area contributed by atoms with E-state index in [2.05, 4.69) is 41.0 Å². The fraction of sp³-hybridized carbons (Fsp3) is 0.500. The molecular weight excluding hydrogens is 464 g/mol. The van der Waals surface area contributed by atoms with Crippen LogP contribution in [0.3, 0.4) is 0 Å². The highest BCUT2D eigenvalue weighted by Crippen LogP contribution is 2.36. The first-order chi connectivity index (χ1) is 18.0. The van der Waals surface area contributed by atoms with Crippen LogP contribution in [0.15, 0.2) is 48.8 Å². The number of aromatic nitrogens is 2. The van der Waals surface area contributed by atoms with Crippen molar-refractivity contribution in [1.29, 1.82) is 0 Å². The summed E-state index contributed by atoms with van der Waals surface area (Å²) in [5, 5.41) is 3.14. The lowest BCUT2D eigenvalue weighted by Gasteiger charge is -2.35. The van der Waals surface area contributed by atoms with Gasteiger partial charge >= 0.3 is 0 Å². The average Bonchev–Trinajstić information content (AvgIpc) is 3.59. The van der Waals surface area contributed by atoms with Gasteiger partial charge in [0.15, 0.2) is 0 Å².